The molecule has 1 atom stereocenters. The molecule has 0 aromatic carbocycles. The molecule has 1 aliphatic rings. The maximum atomic E-state index is 4.49. The van der Waals surface area contributed by atoms with Gasteiger partial charge in [-0.2, -0.15) is 15.1 Å². The fourth-order valence-electron chi connectivity index (χ4n) is 2.76. The third-order valence-corrected chi connectivity index (χ3v) is 3.81. The Morgan fingerprint density at radius 2 is 2.35 bits per heavy atom. The Bertz CT molecular complexity index is 579. The van der Waals surface area contributed by atoms with Gasteiger partial charge in [0, 0.05) is 20.1 Å². The van der Waals surface area contributed by atoms with Gasteiger partial charge in [-0.3, -0.25) is 5.10 Å². The number of fused-ring (bicyclic) bond motifs is 1. The lowest BCUT2D eigenvalue weighted by Gasteiger charge is -2.29. The van der Waals surface area contributed by atoms with Crippen molar-refractivity contribution in [3.8, 4) is 0 Å². The summed E-state index contributed by atoms with van der Waals surface area (Å²) >= 11 is 0. The summed E-state index contributed by atoms with van der Waals surface area (Å²) < 4.78 is 0. The quantitative estimate of drug-likeness (QED) is 0.776. The number of rotatable bonds is 4. The van der Waals surface area contributed by atoms with Gasteiger partial charge in [-0.05, 0) is 32.4 Å². The highest BCUT2D eigenvalue weighted by molar-refractivity contribution is 5.86. The van der Waals surface area contributed by atoms with Crippen LogP contribution in [0.25, 0.3) is 11.0 Å². The van der Waals surface area contributed by atoms with Crippen LogP contribution in [0.2, 0.25) is 0 Å². The van der Waals surface area contributed by atoms with Crippen LogP contribution in [0, 0.1) is 5.92 Å². The summed E-state index contributed by atoms with van der Waals surface area (Å²) in [5, 5.41) is 14.3. The molecule has 3 rings (SSSR count). The minimum absolute atomic E-state index is 0.602. The number of likely N-dealkylation sites (tertiary alicyclic amines) is 1. The van der Waals surface area contributed by atoms with E-state index in [1.54, 1.807) is 6.20 Å². The first-order valence-electron chi connectivity index (χ1n) is 7.07. The van der Waals surface area contributed by atoms with Crippen molar-refractivity contribution < 1.29 is 0 Å². The summed E-state index contributed by atoms with van der Waals surface area (Å²) in [5.74, 6) is 2.12. The van der Waals surface area contributed by atoms with E-state index >= 15 is 0 Å². The third-order valence-electron chi connectivity index (χ3n) is 3.81. The Kier molecular flexibility index (Phi) is 3.68. The fourth-order valence-corrected chi connectivity index (χ4v) is 2.76. The number of piperidine rings is 1. The van der Waals surface area contributed by atoms with E-state index in [9.17, 15) is 0 Å². The zero-order valence-electron chi connectivity index (χ0n) is 12.0. The Morgan fingerprint density at radius 1 is 1.45 bits per heavy atom. The van der Waals surface area contributed by atoms with E-state index in [4.69, 9.17) is 0 Å². The van der Waals surface area contributed by atoms with E-state index in [2.05, 4.69) is 42.7 Å². The molecule has 0 spiro atoms. The van der Waals surface area contributed by atoms with Gasteiger partial charge in [0.25, 0.3) is 0 Å². The highest BCUT2D eigenvalue weighted by atomic mass is 15.2. The number of hydrogen-bond acceptors (Lipinski definition) is 6. The van der Waals surface area contributed by atoms with Gasteiger partial charge >= 0.3 is 0 Å². The zero-order valence-corrected chi connectivity index (χ0v) is 12.0. The molecule has 1 fully saturated rings. The van der Waals surface area contributed by atoms with Crippen LogP contribution in [-0.4, -0.2) is 58.8 Å². The predicted molar refractivity (Wildman–Crippen MR) is 79.9 cm³/mol. The molecule has 7 heteroatoms. The molecule has 20 heavy (non-hydrogen) atoms. The number of aromatic amines is 1. The van der Waals surface area contributed by atoms with Gasteiger partial charge in [0.2, 0.25) is 5.95 Å². The fraction of sp³-hybridized carbons (Fsp3) is 0.615. The largest absolute Gasteiger partial charge is 0.369 e. The monoisotopic (exact) mass is 275 g/mol. The Labute approximate surface area is 118 Å². The summed E-state index contributed by atoms with van der Waals surface area (Å²) in [7, 11) is 4.00. The van der Waals surface area contributed by atoms with Gasteiger partial charge in [-0.15, -0.1) is 0 Å². The lowest BCUT2D eigenvalue weighted by Crippen LogP contribution is -2.35. The number of aromatic nitrogens is 4. The second-order valence-electron chi connectivity index (χ2n) is 5.43. The zero-order chi connectivity index (χ0) is 13.9. The highest BCUT2D eigenvalue weighted by Gasteiger charge is 2.18. The van der Waals surface area contributed by atoms with Crippen molar-refractivity contribution in [2.45, 2.75) is 12.8 Å². The third kappa shape index (κ3) is 2.67. The van der Waals surface area contributed by atoms with Crippen LogP contribution in [0.1, 0.15) is 12.8 Å². The van der Waals surface area contributed by atoms with Crippen LogP contribution in [-0.2, 0) is 0 Å². The van der Waals surface area contributed by atoms with E-state index in [1.807, 2.05) is 7.05 Å². The molecule has 3 N–H and O–H groups in total. The first-order valence-corrected chi connectivity index (χ1v) is 7.07. The molecule has 0 radical (unpaired) electrons. The summed E-state index contributed by atoms with van der Waals surface area (Å²) in [4.78, 5) is 11.2. The minimum Gasteiger partial charge on any atom is -0.369 e. The maximum Gasteiger partial charge on any atom is 0.226 e. The summed E-state index contributed by atoms with van der Waals surface area (Å²) in [5.41, 5.74) is 0.757. The molecular weight excluding hydrogens is 254 g/mol. The summed E-state index contributed by atoms with van der Waals surface area (Å²) in [6.07, 6.45) is 4.31. The first kappa shape index (κ1) is 13.1. The molecule has 2 aromatic heterocycles. The highest BCUT2D eigenvalue weighted by Crippen LogP contribution is 2.21. The van der Waals surface area contributed by atoms with Crippen LogP contribution < -0.4 is 10.6 Å². The van der Waals surface area contributed by atoms with Gasteiger partial charge in [0.05, 0.1) is 11.6 Å². The maximum absolute atomic E-state index is 4.49. The molecule has 0 aliphatic carbocycles. The summed E-state index contributed by atoms with van der Waals surface area (Å²) in [6.45, 7) is 3.29. The number of nitrogens with zero attached hydrogens (tertiary/aromatic N) is 4. The number of H-pyrrole nitrogens is 1. The topological polar surface area (TPSA) is 81.8 Å². The molecule has 1 saturated heterocycles. The molecular formula is C13H21N7. The molecule has 3 heterocycles. The van der Waals surface area contributed by atoms with Crippen molar-refractivity contribution >= 4 is 22.8 Å². The second kappa shape index (κ2) is 5.62. The molecule has 7 nitrogen and oxygen atoms in total. The Balaban J connectivity index is 1.74. The van der Waals surface area contributed by atoms with Gasteiger partial charge in [-0.1, -0.05) is 0 Å². The van der Waals surface area contributed by atoms with Crippen molar-refractivity contribution in [1.29, 1.82) is 0 Å². The van der Waals surface area contributed by atoms with Crippen LogP contribution in [0.4, 0.5) is 11.8 Å². The van der Waals surface area contributed by atoms with E-state index in [0.717, 1.165) is 29.9 Å². The Hall–Kier alpha value is -1.89. The molecule has 0 bridgehead atoms. The van der Waals surface area contributed by atoms with E-state index in [1.165, 1.54) is 19.4 Å². The second-order valence-corrected chi connectivity index (χ2v) is 5.43. The van der Waals surface area contributed by atoms with Gasteiger partial charge < -0.3 is 15.5 Å². The molecule has 0 saturated carbocycles. The normalized spacial score (nSPS) is 20.2. The summed E-state index contributed by atoms with van der Waals surface area (Å²) in [6, 6.07) is 0. The molecule has 108 valence electrons. The molecule has 1 unspecified atom stereocenters. The average Bonchev–Trinajstić information content (AvgIpc) is 2.93. The van der Waals surface area contributed by atoms with Crippen LogP contribution in [0.5, 0.6) is 0 Å². The van der Waals surface area contributed by atoms with Gasteiger partial charge in [0.1, 0.15) is 5.82 Å². The van der Waals surface area contributed by atoms with E-state index in [0.29, 0.717) is 11.9 Å². The van der Waals surface area contributed by atoms with Crippen molar-refractivity contribution in [2.75, 3.05) is 44.4 Å². The van der Waals surface area contributed by atoms with Crippen LogP contribution in [0.3, 0.4) is 0 Å². The average molecular weight is 275 g/mol. The SMILES string of the molecule is CNc1nc(NCC2CCCN(C)C2)c2cn[nH]c2n1. The van der Waals surface area contributed by atoms with Gasteiger partial charge in [0.15, 0.2) is 5.65 Å². The minimum atomic E-state index is 0.602. The van der Waals surface area contributed by atoms with Crippen molar-refractivity contribution in [1.82, 2.24) is 25.1 Å². The van der Waals surface area contributed by atoms with Crippen molar-refractivity contribution in [3.63, 3.8) is 0 Å². The standard InChI is InChI=1S/C13H21N7/c1-14-13-17-11(10-7-16-19-12(10)18-13)15-6-9-4-3-5-20(2)8-9/h7,9H,3-6,8H2,1-2H3,(H3,14,15,16,17,18,19). The first-order chi connectivity index (χ1) is 9.76. The molecule has 0 amide bonds. The van der Waals surface area contributed by atoms with Crippen LogP contribution in [0.15, 0.2) is 6.20 Å². The smallest absolute Gasteiger partial charge is 0.226 e. The number of anilines is 2. The van der Waals surface area contributed by atoms with Crippen molar-refractivity contribution in [2.24, 2.45) is 5.92 Å². The number of nitrogens with one attached hydrogen (secondary N) is 3. The van der Waals surface area contributed by atoms with Gasteiger partial charge in [-0.25, -0.2) is 0 Å². The molecule has 2 aromatic rings. The van der Waals surface area contributed by atoms with Crippen LogP contribution >= 0.6 is 0 Å². The number of hydrogen-bond donors (Lipinski definition) is 3. The van der Waals surface area contributed by atoms with Crippen molar-refractivity contribution in [3.05, 3.63) is 6.20 Å². The van der Waals surface area contributed by atoms with E-state index < -0.39 is 0 Å². The Morgan fingerprint density at radius 3 is 3.15 bits per heavy atom. The lowest BCUT2D eigenvalue weighted by atomic mass is 9.98. The lowest BCUT2D eigenvalue weighted by molar-refractivity contribution is 0.217. The van der Waals surface area contributed by atoms with E-state index in [-0.39, 0.29) is 0 Å². The predicted octanol–water partition coefficient (Wildman–Crippen LogP) is 1.15. The molecule has 1 aliphatic heterocycles.